The summed E-state index contributed by atoms with van der Waals surface area (Å²) in [6, 6.07) is 13.2. The Morgan fingerprint density at radius 3 is 0.976 bits per heavy atom. The topological polar surface area (TPSA) is 207 Å². The molecule has 0 saturated carbocycles. The third-order valence-corrected chi connectivity index (χ3v) is 7.89. The molecular weight excluding hydrogens is 536 g/mol. The summed E-state index contributed by atoms with van der Waals surface area (Å²) in [6.07, 6.45) is 0.376. The molecule has 0 fully saturated rings. The van der Waals surface area contributed by atoms with Gasteiger partial charge in [-0.3, -0.25) is 28.8 Å². The summed E-state index contributed by atoms with van der Waals surface area (Å²) in [5.41, 5.74) is -3.66. The predicted octanol–water partition coefficient (Wildman–Crippen LogP) is 3.80. The Labute approximate surface area is 236 Å². The summed E-state index contributed by atoms with van der Waals surface area (Å²) in [5, 5.41) is 42.5. The molecule has 2 aromatic carbocycles. The van der Waals surface area contributed by atoms with Crippen molar-refractivity contribution < 1.29 is 49.2 Å². The zero-order valence-corrected chi connectivity index (χ0v) is 23.2. The number of carbonyl (C=O) groups excluding carboxylic acids is 2. The number of hydrogen-bond donors (Lipinski definition) is 6. The van der Waals surface area contributed by atoms with Gasteiger partial charge in [0.15, 0.2) is 0 Å². The summed E-state index contributed by atoms with van der Waals surface area (Å²) in [7, 11) is 0. The van der Waals surface area contributed by atoms with Gasteiger partial charge in [0.25, 0.3) is 11.8 Å². The lowest BCUT2D eigenvalue weighted by molar-refractivity contribution is -0.170. The Hall–Kier alpha value is -4.74. The molecule has 0 aliphatic rings. The van der Waals surface area contributed by atoms with Crippen LogP contribution in [0.1, 0.15) is 64.5 Å². The van der Waals surface area contributed by atoms with Crippen molar-refractivity contribution in [2.45, 2.75) is 58.8 Å². The highest BCUT2D eigenvalue weighted by Gasteiger charge is 2.53. The molecule has 2 amide bonds. The molecule has 12 heteroatoms. The van der Waals surface area contributed by atoms with E-state index < -0.39 is 64.8 Å². The van der Waals surface area contributed by atoms with E-state index >= 15 is 0 Å². The van der Waals surface area contributed by atoms with Crippen molar-refractivity contribution in [2.24, 2.45) is 10.8 Å². The number of anilines is 2. The molecule has 0 spiro atoms. The summed E-state index contributed by atoms with van der Waals surface area (Å²) in [4.78, 5) is 71.9. The second-order valence-electron chi connectivity index (χ2n) is 9.59. The minimum atomic E-state index is -2.63. The smallest absolute Gasteiger partial charge is 0.330 e. The lowest BCUT2D eigenvalue weighted by atomic mass is 9.70. The first kappa shape index (κ1) is 32.5. The number of nitrogens with one attached hydrogen (secondary N) is 2. The van der Waals surface area contributed by atoms with Crippen LogP contribution in [0.3, 0.4) is 0 Å². The van der Waals surface area contributed by atoms with Crippen molar-refractivity contribution in [1.29, 1.82) is 0 Å². The number of aliphatic carboxylic acids is 4. The van der Waals surface area contributed by atoms with Crippen molar-refractivity contribution in [3.63, 3.8) is 0 Å². The molecule has 0 saturated heterocycles. The van der Waals surface area contributed by atoms with Crippen molar-refractivity contribution in [1.82, 2.24) is 0 Å². The third-order valence-electron chi connectivity index (χ3n) is 7.89. The van der Waals surface area contributed by atoms with E-state index in [0.717, 1.165) is 11.1 Å². The van der Waals surface area contributed by atoms with E-state index in [-0.39, 0.29) is 11.4 Å². The van der Waals surface area contributed by atoms with Gasteiger partial charge in [0.1, 0.15) is 0 Å². The number of rotatable bonds is 14. The molecule has 41 heavy (non-hydrogen) atoms. The standard InChI is InChI=1S/C29H34N2O10/c1-5-27(6-2,17-9-13-19(14-10-17)30-21(32)28(7-3,23(34)35)24(36)37)18-11-15-20(16-12-18)31-22(33)29(8-4,25(38)39)26(40)41/h9-16H,5-8H2,1-4H3,(H,30,32)(H,31,33)(H,34,35)(H,36,37)(H,38,39)(H,40,41). The van der Waals surface area contributed by atoms with E-state index in [9.17, 15) is 49.2 Å². The molecule has 0 aliphatic heterocycles. The van der Waals surface area contributed by atoms with Gasteiger partial charge in [0.2, 0.25) is 10.8 Å². The Morgan fingerprint density at radius 1 is 0.512 bits per heavy atom. The molecule has 0 aromatic heterocycles. The molecule has 2 aromatic rings. The number of carboxylic acids is 4. The summed E-state index contributed by atoms with van der Waals surface area (Å²) in [5.74, 6) is -9.37. The first-order valence-electron chi connectivity index (χ1n) is 13.0. The highest BCUT2D eigenvalue weighted by atomic mass is 16.4. The average molecular weight is 571 g/mol. The fourth-order valence-electron chi connectivity index (χ4n) is 4.95. The van der Waals surface area contributed by atoms with Crippen LogP contribution in [0.25, 0.3) is 0 Å². The number of hydrogen-bond acceptors (Lipinski definition) is 6. The second-order valence-corrected chi connectivity index (χ2v) is 9.59. The molecule has 0 bridgehead atoms. The Morgan fingerprint density at radius 2 is 0.780 bits per heavy atom. The average Bonchev–Trinajstić information content (AvgIpc) is 2.92. The van der Waals surface area contributed by atoms with Crippen molar-refractivity contribution >= 4 is 47.1 Å². The second kappa shape index (κ2) is 12.6. The monoisotopic (exact) mass is 570 g/mol. The molecular formula is C29H34N2O10. The van der Waals surface area contributed by atoms with Gasteiger partial charge in [-0.15, -0.1) is 0 Å². The van der Waals surface area contributed by atoms with E-state index in [1.807, 2.05) is 13.8 Å². The number of benzene rings is 2. The van der Waals surface area contributed by atoms with Gasteiger partial charge in [-0.05, 0) is 61.1 Å². The van der Waals surface area contributed by atoms with Crippen molar-refractivity contribution in [3.05, 3.63) is 59.7 Å². The zero-order valence-electron chi connectivity index (χ0n) is 23.2. The van der Waals surface area contributed by atoms with Gasteiger partial charge >= 0.3 is 23.9 Å². The third kappa shape index (κ3) is 5.63. The first-order valence-corrected chi connectivity index (χ1v) is 13.0. The molecule has 0 unspecified atom stereocenters. The maximum atomic E-state index is 12.7. The molecule has 2 rings (SSSR count). The zero-order chi connectivity index (χ0) is 31.2. The minimum absolute atomic E-state index is 0.217. The Balaban J connectivity index is 2.37. The number of carbonyl (C=O) groups is 6. The fraction of sp³-hybridized carbons (Fsp3) is 0.379. The summed E-state index contributed by atoms with van der Waals surface area (Å²) >= 11 is 0. The molecule has 220 valence electrons. The van der Waals surface area contributed by atoms with E-state index in [2.05, 4.69) is 10.6 Å². The van der Waals surface area contributed by atoms with Crippen LogP contribution in [0.5, 0.6) is 0 Å². The van der Waals surface area contributed by atoms with E-state index in [4.69, 9.17) is 0 Å². The van der Waals surface area contributed by atoms with E-state index in [1.54, 1.807) is 48.5 Å². The Kier molecular flexibility index (Phi) is 10.00. The predicted molar refractivity (Wildman–Crippen MR) is 147 cm³/mol. The van der Waals surface area contributed by atoms with E-state index in [0.29, 0.717) is 12.8 Å². The first-order chi connectivity index (χ1) is 19.2. The highest BCUT2D eigenvalue weighted by molar-refractivity contribution is 6.22. The minimum Gasteiger partial charge on any atom is -0.480 e. The van der Waals surface area contributed by atoms with Gasteiger partial charge in [0, 0.05) is 16.8 Å². The van der Waals surface area contributed by atoms with Crippen LogP contribution in [-0.4, -0.2) is 56.1 Å². The SMILES string of the molecule is CCC(C(=O)O)(C(=O)O)C(=O)Nc1ccc(C(CC)(CC)c2ccc(NC(=O)C(CC)(C(=O)O)C(=O)O)cc2)cc1. The molecule has 6 N–H and O–H groups in total. The molecule has 0 heterocycles. The number of carboxylic acid groups (broad SMARTS) is 4. The van der Waals surface area contributed by atoms with Crippen LogP contribution < -0.4 is 10.6 Å². The fourth-order valence-corrected chi connectivity index (χ4v) is 4.95. The lowest BCUT2D eigenvalue weighted by Gasteiger charge is -2.33. The van der Waals surface area contributed by atoms with Crippen LogP contribution in [0.15, 0.2) is 48.5 Å². The molecule has 12 nitrogen and oxygen atoms in total. The lowest BCUT2D eigenvalue weighted by Crippen LogP contribution is -2.49. The van der Waals surface area contributed by atoms with Gasteiger partial charge in [0.05, 0.1) is 0 Å². The molecule has 0 aliphatic carbocycles. The maximum absolute atomic E-state index is 12.7. The maximum Gasteiger partial charge on any atom is 0.330 e. The highest BCUT2D eigenvalue weighted by Crippen LogP contribution is 2.40. The molecule has 0 atom stereocenters. The molecule has 0 radical (unpaired) electrons. The van der Waals surface area contributed by atoms with Gasteiger partial charge < -0.3 is 31.1 Å². The summed E-state index contributed by atoms with van der Waals surface area (Å²) in [6.45, 7) is 6.55. The van der Waals surface area contributed by atoms with Gasteiger partial charge in [-0.25, -0.2) is 0 Å². The van der Waals surface area contributed by atoms with Crippen LogP contribution in [-0.2, 0) is 34.2 Å². The van der Waals surface area contributed by atoms with Gasteiger partial charge in [-0.2, -0.15) is 0 Å². The van der Waals surface area contributed by atoms with E-state index in [1.165, 1.54) is 13.8 Å². The van der Waals surface area contributed by atoms with Crippen molar-refractivity contribution in [3.8, 4) is 0 Å². The van der Waals surface area contributed by atoms with Crippen LogP contribution >= 0.6 is 0 Å². The Bertz CT molecular complexity index is 1200. The van der Waals surface area contributed by atoms with Crippen LogP contribution in [0, 0.1) is 10.8 Å². The summed E-state index contributed by atoms with van der Waals surface area (Å²) < 4.78 is 0. The van der Waals surface area contributed by atoms with Gasteiger partial charge in [-0.1, -0.05) is 52.0 Å². The van der Waals surface area contributed by atoms with Crippen LogP contribution in [0.4, 0.5) is 11.4 Å². The largest absolute Gasteiger partial charge is 0.480 e. The quantitative estimate of drug-likeness (QED) is 0.181. The normalized spacial score (nSPS) is 11.8. The van der Waals surface area contributed by atoms with Crippen molar-refractivity contribution in [2.75, 3.05) is 10.6 Å². The van der Waals surface area contributed by atoms with Crippen LogP contribution in [0.2, 0.25) is 0 Å². The number of amides is 2.